The first-order chi connectivity index (χ1) is 8.16. The van der Waals surface area contributed by atoms with Crippen LogP contribution < -0.4 is 5.32 Å². The summed E-state index contributed by atoms with van der Waals surface area (Å²) in [6, 6.07) is 4.61. The van der Waals surface area contributed by atoms with Gasteiger partial charge in [-0.25, -0.2) is 8.78 Å². The molecule has 1 N–H and O–H groups in total. The highest BCUT2D eigenvalue weighted by atomic mass is 35.5. The quantitative estimate of drug-likeness (QED) is 0.870. The molecule has 1 aliphatic rings. The lowest BCUT2D eigenvalue weighted by Gasteiger charge is -2.23. The second-order valence-electron chi connectivity index (χ2n) is 4.55. The zero-order valence-corrected chi connectivity index (χ0v) is 10.3. The van der Waals surface area contributed by atoms with Gasteiger partial charge in [-0.2, -0.15) is 0 Å². The van der Waals surface area contributed by atoms with Crippen LogP contribution in [-0.4, -0.2) is 13.1 Å². The van der Waals surface area contributed by atoms with Crippen LogP contribution in [0.5, 0.6) is 0 Å². The molecular weight excluding hydrogens is 244 g/mol. The highest BCUT2D eigenvalue weighted by Crippen LogP contribution is 2.28. The molecule has 0 unspecified atom stereocenters. The van der Waals surface area contributed by atoms with Gasteiger partial charge < -0.3 is 5.32 Å². The molecule has 0 saturated carbocycles. The summed E-state index contributed by atoms with van der Waals surface area (Å²) < 4.78 is 24.9. The lowest BCUT2D eigenvalue weighted by molar-refractivity contribution is 0.151. The fourth-order valence-corrected chi connectivity index (χ4v) is 2.53. The summed E-state index contributed by atoms with van der Waals surface area (Å²) in [6.07, 6.45) is 0.713. The van der Waals surface area contributed by atoms with E-state index in [4.69, 9.17) is 11.6 Å². The van der Waals surface area contributed by atoms with Crippen molar-refractivity contribution in [3.05, 3.63) is 34.3 Å². The van der Waals surface area contributed by atoms with Crippen molar-refractivity contribution >= 4 is 11.6 Å². The van der Waals surface area contributed by atoms with Crippen LogP contribution in [0.2, 0.25) is 5.02 Å². The van der Waals surface area contributed by atoms with Gasteiger partial charge in [0.25, 0.3) is 6.43 Å². The van der Waals surface area contributed by atoms with Crippen LogP contribution >= 0.6 is 11.6 Å². The van der Waals surface area contributed by atoms with Crippen molar-refractivity contribution in [1.82, 2.24) is 5.32 Å². The fraction of sp³-hybridized carbons (Fsp3) is 0.538. The summed E-state index contributed by atoms with van der Waals surface area (Å²) in [5.74, 6) is 0.617. The van der Waals surface area contributed by atoms with Crippen molar-refractivity contribution in [3.63, 3.8) is 0 Å². The van der Waals surface area contributed by atoms with Crippen molar-refractivity contribution in [3.8, 4) is 0 Å². The second-order valence-corrected chi connectivity index (χ2v) is 4.96. The summed E-state index contributed by atoms with van der Waals surface area (Å²) in [7, 11) is 0. The standard InChI is InChI=1S/C13H16ClF2N/c14-12-8-11(13(15)16)2-1-10(12)7-9-3-5-17-6-4-9/h1-2,8-9,13,17H,3-7H2. The van der Waals surface area contributed by atoms with Gasteiger partial charge in [0.2, 0.25) is 0 Å². The number of nitrogens with one attached hydrogen (secondary N) is 1. The van der Waals surface area contributed by atoms with Crippen molar-refractivity contribution in [2.45, 2.75) is 25.7 Å². The van der Waals surface area contributed by atoms with Gasteiger partial charge in [-0.3, -0.25) is 0 Å². The molecule has 2 rings (SSSR count). The zero-order valence-electron chi connectivity index (χ0n) is 9.56. The highest BCUT2D eigenvalue weighted by molar-refractivity contribution is 6.31. The van der Waals surface area contributed by atoms with E-state index in [1.165, 1.54) is 12.1 Å². The van der Waals surface area contributed by atoms with E-state index in [0.29, 0.717) is 10.9 Å². The largest absolute Gasteiger partial charge is 0.317 e. The van der Waals surface area contributed by atoms with Gasteiger partial charge in [0.1, 0.15) is 0 Å². The Morgan fingerprint density at radius 1 is 1.29 bits per heavy atom. The number of halogens is 3. The Kier molecular flexibility index (Phi) is 4.35. The van der Waals surface area contributed by atoms with E-state index in [1.807, 2.05) is 0 Å². The van der Waals surface area contributed by atoms with E-state index in [2.05, 4.69) is 5.32 Å². The number of hydrogen-bond donors (Lipinski definition) is 1. The molecule has 0 bridgehead atoms. The van der Waals surface area contributed by atoms with E-state index in [1.54, 1.807) is 6.07 Å². The van der Waals surface area contributed by atoms with Gasteiger partial charge in [-0.1, -0.05) is 23.7 Å². The predicted molar refractivity (Wildman–Crippen MR) is 65.7 cm³/mol. The SMILES string of the molecule is FC(F)c1ccc(CC2CCNCC2)c(Cl)c1. The Hall–Kier alpha value is -0.670. The summed E-state index contributed by atoms with van der Waals surface area (Å²) in [4.78, 5) is 0. The summed E-state index contributed by atoms with van der Waals surface area (Å²) in [5.41, 5.74) is 0.993. The molecule has 17 heavy (non-hydrogen) atoms. The molecule has 0 atom stereocenters. The average Bonchev–Trinajstić information content (AvgIpc) is 2.33. The maximum Gasteiger partial charge on any atom is 0.263 e. The molecule has 1 aromatic rings. The third-order valence-corrected chi connectivity index (χ3v) is 3.65. The number of alkyl halides is 2. The van der Waals surface area contributed by atoms with E-state index < -0.39 is 6.43 Å². The molecule has 94 valence electrons. The van der Waals surface area contributed by atoms with Crippen LogP contribution in [0, 0.1) is 5.92 Å². The van der Waals surface area contributed by atoms with Gasteiger partial charge >= 0.3 is 0 Å². The Labute approximate surface area is 105 Å². The molecule has 1 heterocycles. The molecule has 1 fully saturated rings. The lowest BCUT2D eigenvalue weighted by atomic mass is 9.91. The first-order valence-corrected chi connectivity index (χ1v) is 6.32. The van der Waals surface area contributed by atoms with Crippen LogP contribution in [0.15, 0.2) is 18.2 Å². The number of benzene rings is 1. The molecular formula is C13H16ClF2N. The van der Waals surface area contributed by atoms with Crippen LogP contribution in [0.1, 0.15) is 30.4 Å². The molecule has 1 saturated heterocycles. The Balaban J connectivity index is 2.05. The van der Waals surface area contributed by atoms with E-state index in [9.17, 15) is 8.78 Å². The van der Waals surface area contributed by atoms with E-state index in [0.717, 1.165) is 37.9 Å². The summed E-state index contributed by atoms with van der Waals surface area (Å²) in [6.45, 7) is 2.08. The molecule has 0 aromatic heterocycles. The average molecular weight is 260 g/mol. The molecule has 1 aliphatic heterocycles. The van der Waals surface area contributed by atoms with E-state index >= 15 is 0 Å². The lowest BCUT2D eigenvalue weighted by Crippen LogP contribution is -2.28. The minimum absolute atomic E-state index is 0.00376. The minimum atomic E-state index is -2.44. The summed E-state index contributed by atoms with van der Waals surface area (Å²) >= 11 is 6.04. The second kappa shape index (κ2) is 5.78. The third-order valence-electron chi connectivity index (χ3n) is 3.30. The first-order valence-electron chi connectivity index (χ1n) is 5.94. The van der Waals surface area contributed by atoms with Gasteiger partial charge in [-0.05, 0) is 49.9 Å². The van der Waals surface area contributed by atoms with Crippen molar-refractivity contribution in [1.29, 1.82) is 0 Å². The predicted octanol–water partition coefficient (Wildman–Crippen LogP) is 3.82. The molecule has 1 nitrogen and oxygen atoms in total. The smallest absolute Gasteiger partial charge is 0.263 e. The number of piperidine rings is 1. The molecule has 0 amide bonds. The fourth-order valence-electron chi connectivity index (χ4n) is 2.26. The summed E-state index contributed by atoms with van der Waals surface area (Å²) in [5, 5.41) is 3.78. The number of hydrogen-bond acceptors (Lipinski definition) is 1. The molecule has 0 radical (unpaired) electrons. The highest BCUT2D eigenvalue weighted by Gasteiger charge is 2.16. The van der Waals surface area contributed by atoms with Crippen LogP contribution in [0.4, 0.5) is 8.78 Å². The third kappa shape index (κ3) is 3.39. The molecule has 0 spiro atoms. The van der Waals surface area contributed by atoms with Crippen LogP contribution in [0.25, 0.3) is 0 Å². The van der Waals surface area contributed by atoms with Crippen molar-refractivity contribution in [2.24, 2.45) is 5.92 Å². The van der Waals surface area contributed by atoms with E-state index in [-0.39, 0.29) is 5.56 Å². The maximum absolute atomic E-state index is 12.5. The topological polar surface area (TPSA) is 12.0 Å². The van der Waals surface area contributed by atoms with Crippen molar-refractivity contribution in [2.75, 3.05) is 13.1 Å². The minimum Gasteiger partial charge on any atom is -0.317 e. The first kappa shape index (κ1) is 12.8. The Morgan fingerprint density at radius 3 is 2.59 bits per heavy atom. The van der Waals surface area contributed by atoms with Crippen LogP contribution in [0.3, 0.4) is 0 Å². The molecule has 1 aromatic carbocycles. The molecule has 0 aliphatic carbocycles. The maximum atomic E-state index is 12.5. The van der Waals surface area contributed by atoms with Crippen molar-refractivity contribution < 1.29 is 8.78 Å². The monoisotopic (exact) mass is 259 g/mol. The van der Waals surface area contributed by atoms with Gasteiger partial charge in [0, 0.05) is 10.6 Å². The van der Waals surface area contributed by atoms with Gasteiger partial charge in [0.15, 0.2) is 0 Å². The Bertz CT molecular complexity index is 376. The molecule has 4 heteroatoms. The van der Waals surface area contributed by atoms with Gasteiger partial charge in [0.05, 0.1) is 0 Å². The normalized spacial score (nSPS) is 17.6. The Morgan fingerprint density at radius 2 is 2.00 bits per heavy atom. The van der Waals surface area contributed by atoms with Gasteiger partial charge in [-0.15, -0.1) is 0 Å². The van der Waals surface area contributed by atoms with Crippen LogP contribution in [-0.2, 0) is 6.42 Å². The number of rotatable bonds is 3. The zero-order chi connectivity index (χ0) is 12.3.